The Kier molecular flexibility index (Phi) is 2.24. The standard InChI is InChI=1S/C7H11NO3/c1-4(9)6(8)7(10)11-5-2-3-5/h5-6H,2-3,8H2,1H3. The summed E-state index contributed by atoms with van der Waals surface area (Å²) < 4.78 is 4.80. The van der Waals surface area contributed by atoms with Gasteiger partial charge >= 0.3 is 5.97 Å². The van der Waals surface area contributed by atoms with Crippen LogP contribution in [0, 0.1) is 0 Å². The summed E-state index contributed by atoms with van der Waals surface area (Å²) in [5, 5.41) is 0. The summed E-state index contributed by atoms with van der Waals surface area (Å²) >= 11 is 0. The number of nitrogens with two attached hydrogens (primary N) is 1. The van der Waals surface area contributed by atoms with E-state index in [1.807, 2.05) is 0 Å². The predicted octanol–water partition coefficient (Wildman–Crippen LogP) is -0.392. The molecule has 0 aliphatic heterocycles. The fourth-order valence-corrected chi connectivity index (χ4v) is 0.589. The molecule has 0 aromatic heterocycles. The third kappa shape index (κ3) is 2.31. The second-order valence-corrected chi connectivity index (χ2v) is 2.72. The molecule has 11 heavy (non-hydrogen) atoms. The highest BCUT2D eigenvalue weighted by atomic mass is 16.5. The van der Waals surface area contributed by atoms with Crippen molar-refractivity contribution in [1.29, 1.82) is 0 Å². The normalized spacial score (nSPS) is 19.1. The van der Waals surface area contributed by atoms with Crippen molar-refractivity contribution in [1.82, 2.24) is 0 Å². The molecule has 1 fully saturated rings. The summed E-state index contributed by atoms with van der Waals surface area (Å²) in [6, 6.07) is -1.09. The lowest BCUT2D eigenvalue weighted by atomic mass is 10.2. The molecule has 1 aliphatic rings. The molecule has 4 nitrogen and oxygen atoms in total. The molecule has 0 radical (unpaired) electrons. The Morgan fingerprint density at radius 1 is 1.55 bits per heavy atom. The molecule has 0 amide bonds. The zero-order chi connectivity index (χ0) is 8.43. The number of ketones is 1. The van der Waals surface area contributed by atoms with Crippen LogP contribution in [0.4, 0.5) is 0 Å². The minimum Gasteiger partial charge on any atom is -0.461 e. The minimum absolute atomic E-state index is 0.0212. The molecule has 1 rings (SSSR count). The van der Waals surface area contributed by atoms with Gasteiger partial charge in [0.25, 0.3) is 0 Å². The Bertz CT molecular complexity index is 186. The SMILES string of the molecule is CC(=O)C(N)C(=O)OC1CC1. The number of rotatable bonds is 3. The van der Waals surface area contributed by atoms with Gasteiger partial charge in [0, 0.05) is 0 Å². The fourth-order valence-electron chi connectivity index (χ4n) is 0.589. The first-order chi connectivity index (χ1) is 5.11. The van der Waals surface area contributed by atoms with E-state index in [9.17, 15) is 9.59 Å². The highest BCUT2D eigenvalue weighted by Crippen LogP contribution is 2.23. The molecule has 0 saturated heterocycles. The van der Waals surface area contributed by atoms with E-state index in [0.29, 0.717) is 0 Å². The Labute approximate surface area is 64.7 Å². The number of hydrogen-bond acceptors (Lipinski definition) is 4. The van der Waals surface area contributed by atoms with Gasteiger partial charge in [-0.1, -0.05) is 0 Å². The molecular weight excluding hydrogens is 146 g/mol. The monoisotopic (exact) mass is 157 g/mol. The Morgan fingerprint density at radius 3 is 2.45 bits per heavy atom. The number of ether oxygens (including phenoxy) is 1. The van der Waals surface area contributed by atoms with E-state index in [1.54, 1.807) is 0 Å². The van der Waals surface area contributed by atoms with Gasteiger partial charge in [0.15, 0.2) is 11.8 Å². The van der Waals surface area contributed by atoms with Crippen molar-refractivity contribution in [3.05, 3.63) is 0 Å². The largest absolute Gasteiger partial charge is 0.461 e. The molecule has 62 valence electrons. The predicted molar refractivity (Wildman–Crippen MR) is 37.8 cm³/mol. The summed E-state index contributed by atoms with van der Waals surface area (Å²) in [5.74, 6) is -0.948. The number of Topliss-reactive ketones (excluding diaryl/α,β-unsaturated/α-hetero) is 1. The molecule has 4 heteroatoms. The highest BCUT2D eigenvalue weighted by Gasteiger charge is 2.29. The van der Waals surface area contributed by atoms with Crippen molar-refractivity contribution >= 4 is 11.8 Å². The summed E-state index contributed by atoms with van der Waals surface area (Å²) in [7, 11) is 0. The first kappa shape index (κ1) is 8.20. The van der Waals surface area contributed by atoms with Crippen LogP contribution in [-0.2, 0) is 14.3 Å². The molecule has 0 bridgehead atoms. The van der Waals surface area contributed by atoms with E-state index >= 15 is 0 Å². The molecule has 0 spiro atoms. The van der Waals surface area contributed by atoms with Crippen LogP contribution < -0.4 is 5.73 Å². The molecule has 1 saturated carbocycles. The third-order valence-corrected chi connectivity index (χ3v) is 1.50. The Hall–Kier alpha value is -0.900. The molecule has 1 atom stereocenters. The van der Waals surface area contributed by atoms with E-state index in [0.717, 1.165) is 12.8 Å². The maximum absolute atomic E-state index is 10.9. The summed E-state index contributed by atoms with van der Waals surface area (Å²) in [6.07, 6.45) is 1.82. The average Bonchev–Trinajstić information content (AvgIpc) is 2.69. The van der Waals surface area contributed by atoms with Crippen LogP contribution in [0.25, 0.3) is 0 Å². The summed E-state index contributed by atoms with van der Waals surface area (Å²) in [5.41, 5.74) is 5.21. The van der Waals surface area contributed by atoms with Crippen molar-refractivity contribution in [2.24, 2.45) is 5.73 Å². The fraction of sp³-hybridized carbons (Fsp3) is 0.714. The van der Waals surface area contributed by atoms with Crippen LogP contribution in [0.5, 0.6) is 0 Å². The van der Waals surface area contributed by atoms with Crippen LogP contribution in [0.3, 0.4) is 0 Å². The van der Waals surface area contributed by atoms with Crippen LogP contribution in [-0.4, -0.2) is 23.9 Å². The highest BCUT2D eigenvalue weighted by molar-refractivity contribution is 6.01. The quantitative estimate of drug-likeness (QED) is 0.447. The van der Waals surface area contributed by atoms with Gasteiger partial charge in [-0.25, -0.2) is 4.79 Å². The van der Waals surface area contributed by atoms with Crippen molar-refractivity contribution in [2.45, 2.75) is 31.9 Å². The molecule has 0 aromatic rings. The molecular formula is C7H11NO3. The van der Waals surface area contributed by atoms with E-state index in [1.165, 1.54) is 6.92 Å². The maximum atomic E-state index is 10.9. The van der Waals surface area contributed by atoms with Gasteiger partial charge in [0.1, 0.15) is 6.10 Å². The lowest BCUT2D eigenvalue weighted by Crippen LogP contribution is -2.38. The first-order valence-corrected chi connectivity index (χ1v) is 3.58. The van der Waals surface area contributed by atoms with Crippen LogP contribution in [0.2, 0.25) is 0 Å². The lowest BCUT2D eigenvalue weighted by molar-refractivity contribution is -0.148. The van der Waals surface area contributed by atoms with Crippen LogP contribution in [0.15, 0.2) is 0 Å². The molecule has 0 heterocycles. The molecule has 0 aromatic carbocycles. The third-order valence-electron chi connectivity index (χ3n) is 1.50. The van der Waals surface area contributed by atoms with Crippen molar-refractivity contribution in [3.63, 3.8) is 0 Å². The van der Waals surface area contributed by atoms with Gasteiger partial charge in [0.2, 0.25) is 0 Å². The maximum Gasteiger partial charge on any atom is 0.330 e. The number of carbonyl (C=O) groups excluding carboxylic acids is 2. The van der Waals surface area contributed by atoms with Crippen molar-refractivity contribution < 1.29 is 14.3 Å². The Balaban J connectivity index is 2.32. The number of esters is 1. The second kappa shape index (κ2) is 3.00. The summed E-state index contributed by atoms with van der Waals surface area (Å²) in [4.78, 5) is 21.4. The van der Waals surface area contributed by atoms with Gasteiger partial charge < -0.3 is 10.5 Å². The van der Waals surface area contributed by atoms with E-state index in [-0.39, 0.29) is 11.9 Å². The molecule has 1 unspecified atom stereocenters. The van der Waals surface area contributed by atoms with E-state index in [2.05, 4.69) is 0 Å². The minimum atomic E-state index is -1.09. The molecule has 1 aliphatic carbocycles. The lowest BCUT2D eigenvalue weighted by Gasteiger charge is -2.06. The van der Waals surface area contributed by atoms with Gasteiger partial charge in [-0.3, -0.25) is 4.79 Å². The van der Waals surface area contributed by atoms with Crippen molar-refractivity contribution in [2.75, 3.05) is 0 Å². The van der Waals surface area contributed by atoms with Gasteiger partial charge in [0.05, 0.1) is 0 Å². The van der Waals surface area contributed by atoms with Gasteiger partial charge in [-0.15, -0.1) is 0 Å². The van der Waals surface area contributed by atoms with E-state index in [4.69, 9.17) is 10.5 Å². The van der Waals surface area contributed by atoms with Crippen LogP contribution in [0.1, 0.15) is 19.8 Å². The topological polar surface area (TPSA) is 69.4 Å². The van der Waals surface area contributed by atoms with Crippen molar-refractivity contribution in [3.8, 4) is 0 Å². The summed E-state index contributed by atoms with van der Waals surface area (Å²) in [6.45, 7) is 1.28. The van der Waals surface area contributed by atoms with Crippen LogP contribution >= 0.6 is 0 Å². The smallest absolute Gasteiger partial charge is 0.330 e. The second-order valence-electron chi connectivity index (χ2n) is 2.72. The first-order valence-electron chi connectivity index (χ1n) is 3.58. The Morgan fingerprint density at radius 2 is 2.09 bits per heavy atom. The number of carbonyl (C=O) groups is 2. The zero-order valence-corrected chi connectivity index (χ0v) is 6.37. The van der Waals surface area contributed by atoms with Gasteiger partial charge in [-0.05, 0) is 19.8 Å². The molecule has 2 N–H and O–H groups in total. The average molecular weight is 157 g/mol. The number of hydrogen-bond donors (Lipinski definition) is 1. The van der Waals surface area contributed by atoms with E-state index < -0.39 is 12.0 Å². The zero-order valence-electron chi connectivity index (χ0n) is 6.37. The van der Waals surface area contributed by atoms with Gasteiger partial charge in [-0.2, -0.15) is 0 Å².